The van der Waals surface area contributed by atoms with Crippen LogP contribution in [0.3, 0.4) is 0 Å². The first-order valence-electron chi connectivity index (χ1n) is 11.0. The van der Waals surface area contributed by atoms with Gasteiger partial charge in [-0.05, 0) is 71.7 Å². The van der Waals surface area contributed by atoms with Crippen LogP contribution in [0.5, 0.6) is 0 Å². The highest BCUT2D eigenvalue weighted by Crippen LogP contribution is 2.15. The van der Waals surface area contributed by atoms with Crippen LogP contribution in [-0.2, 0) is 26.6 Å². The Kier molecular flexibility index (Phi) is 11.5. The third-order valence-corrected chi connectivity index (χ3v) is 5.72. The quantitative estimate of drug-likeness (QED) is 0.285. The number of halogens is 1. The zero-order valence-corrected chi connectivity index (χ0v) is 22.8. The summed E-state index contributed by atoms with van der Waals surface area (Å²) in [5.74, 6) is 0.858. The van der Waals surface area contributed by atoms with E-state index >= 15 is 0 Å². The van der Waals surface area contributed by atoms with E-state index in [9.17, 15) is 0 Å². The second-order valence-corrected chi connectivity index (χ2v) is 8.50. The van der Waals surface area contributed by atoms with Crippen molar-refractivity contribution in [3.05, 3.63) is 52.3 Å². The van der Waals surface area contributed by atoms with Crippen molar-refractivity contribution in [2.45, 2.75) is 73.1 Å². The fourth-order valence-corrected chi connectivity index (χ4v) is 3.51. The van der Waals surface area contributed by atoms with Crippen molar-refractivity contribution in [2.75, 3.05) is 13.6 Å². The molecule has 1 aromatic heterocycles. The molecule has 2 N–H and O–H groups in total. The molecule has 0 fully saturated rings. The van der Waals surface area contributed by atoms with E-state index < -0.39 is 0 Å². The van der Waals surface area contributed by atoms with E-state index in [1.807, 2.05) is 11.7 Å². The van der Waals surface area contributed by atoms with E-state index in [1.165, 1.54) is 22.4 Å². The highest BCUT2D eigenvalue weighted by molar-refractivity contribution is 14.0. The van der Waals surface area contributed by atoms with Crippen LogP contribution in [0.1, 0.15) is 55.8 Å². The number of guanidine groups is 1. The Morgan fingerprint density at radius 2 is 1.81 bits per heavy atom. The van der Waals surface area contributed by atoms with Gasteiger partial charge in [0.1, 0.15) is 0 Å². The van der Waals surface area contributed by atoms with E-state index in [4.69, 9.17) is 4.99 Å². The first-order valence-corrected chi connectivity index (χ1v) is 11.0. The highest BCUT2D eigenvalue weighted by atomic mass is 127. The van der Waals surface area contributed by atoms with Gasteiger partial charge in [0.25, 0.3) is 0 Å². The van der Waals surface area contributed by atoms with Crippen molar-refractivity contribution < 1.29 is 0 Å². The molecule has 0 saturated carbocycles. The summed E-state index contributed by atoms with van der Waals surface area (Å²) in [5.41, 5.74) is 6.26. The van der Waals surface area contributed by atoms with Gasteiger partial charge in [0.15, 0.2) is 5.96 Å². The molecule has 0 aliphatic carbocycles. The van der Waals surface area contributed by atoms with Gasteiger partial charge in [-0.15, -0.1) is 24.0 Å². The Bertz CT molecular complexity index is 843. The third kappa shape index (κ3) is 8.11. The standard InChI is InChI=1S/C24H40N6.HI/c1-9-25-24(27-18(4)14-23-19(5)28-30(8)20(23)6)26-15-21-12-10-11-13-22(21)16-29(7)17(2)3;/h10-13,17-18H,9,14-16H2,1-8H3,(H2,25,26,27);1H. The molecule has 6 nitrogen and oxygen atoms in total. The molecule has 2 rings (SSSR count). The van der Waals surface area contributed by atoms with Gasteiger partial charge < -0.3 is 10.6 Å². The summed E-state index contributed by atoms with van der Waals surface area (Å²) in [4.78, 5) is 7.24. The summed E-state index contributed by atoms with van der Waals surface area (Å²) in [6.45, 7) is 15.4. The lowest BCUT2D eigenvalue weighted by Gasteiger charge is -2.22. The Labute approximate surface area is 205 Å². The highest BCUT2D eigenvalue weighted by Gasteiger charge is 2.14. The van der Waals surface area contributed by atoms with E-state index in [1.54, 1.807) is 0 Å². The lowest BCUT2D eigenvalue weighted by atomic mass is 10.1. The van der Waals surface area contributed by atoms with Gasteiger partial charge in [-0.1, -0.05) is 24.3 Å². The van der Waals surface area contributed by atoms with Crippen LogP contribution in [0.25, 0.3) is 0 Å². The number of nitrogens with one attached hydrogen (secondary N) is 2. The van der Waals surface area contributed by atoms with Crippen molar-refractivity contribution >= 4 is 29.9 Å². The minimum Gasteiger partial charge on any atom is -0.357 e. The number of aliphatic imine (C=N–C) groups is 1. The average molecular weight is 541 g/mol. The summed E-state index contributed by atoms with van der Waals surface area (Å²) in [6, 6.07) is 9.37. The minimum absolute atomic E-state index is 0. The molecule has 1 aromatic carbocycles. The number of hydrogen-bond donors (Lipinski definition) is 2. The second kappa shape index (κ2) is 13.1. The molecular formula is C24H41IN6. The van der Waals surface area contributed by atoms with Crippen LogP contribution in [0, 0.1) is 13.8 Å². The van der Waals surface area contributed by atoms with Gasteiger partial charge in [0, 0.05) is 37.9 Å². The van der Waals surface area contributed by atoms with Crippen molar-refractivity contribution in [1.82, 2.24) is 25.3 Å². The number of aromatic nitrogens is 2. The van der Waals surface area contributed by atoms with Gasteiger partial charge in [0.05, 0.1) is 12.2 Å². The Balaban J connectivity index is 0.00000480. The summed E-state index contributed by atoms with van der Waals surface area (Å²) < 4.78 is 1.96. The predicted molar refractivity (Wildman–Crippen MR) is 142 cm³/mol. The van der Waals surface area contributed by atoms with Crippen molar-refractivity contribution in [1.29, 1.82) is 0 Å². The molecule has 1 unspecified atom stereocenters. The lowest BCUT2D eigenvalue weighted by Crippen LogP contribution is -2.43. The minimum atomic E-state index is 0. The number of hydrogen-bond acceptors (Lipinski definition) is 3. The van der Waals surface area contributed by atoms with E-state index in [-0.39, 0.29) is 30.0 Å². The van der Waals surface area contributed by atoms with Crippen LogP contribution in [0.4, 0.5) is 0 Å². The van der Waals surface area contributed by atoms with Gasteiger partial charge in [-0.25, -0.2) is 4.99 Å². The van der Waals surface area contributed by atoms with Gasteiger partial charge in [0.2, 0.25) is 0 Å². The number of nitrogens with zero attached hydrogens (tertiary/aromatic N) is 4. The molecule has 0 spiro atoms. The fourth-order valence-electron chi connectivity index (χ4n) is 3.51. The largest absolute Gasteiger partial charge is 0.357 e. The Hall–Kier alpha value is -1.61. The molecule has 0 saturated heterocycles. The maximum absolute atomic E-state index is 4.88. The molecule has 1 atom stereocenters. The predicted octanol–water partition coefficient (Wildman–Crippen LogP) is 4.18. The molecular weight excluding hydrogens is 499 g/mol. The maximum Gasteiger partial charge on any atom is 0.191 e. The molecule has 2 aromatic rings. The van der Waals surface area contributed by atoms with Crippen molar-refractivity contribution in [2.24, 2.45) is 12.0 Å². The zero-order chi connectivity index (χ0) is 22.3. The topological polar surface area (TPSA) is 57.5 Å². The number of benzene rings is 1. The lowest BCUT2D eigenvalue weighted by molar-refractivity contribution is 0.265. The molecule has 31 heavy (non-hydrogen) atoms. The first-order chi connectivity index (χ1) is 14.2. The van der Waals surface area contributed by atoms with E-state index in [2.05, 4.69) is 93.5 Å². The SMILES string of the molecule is CCNC(=NCc1ccccc1CN(C)C(C)C)NC(C)Cc1c(C)nn(C)c1C.I. The van der Waals surface area contributed by atoms with Crippen LogP contribution in [-0.4, -0.2) is 46.3 Å². The molecule has 1 heterocycles. The smallest absolute Gasteiger partial charge is 0.191 e. The van der Waals surface area contributed by atoms with E-state index in [0.717, 1.165) is 31.2 Å². The van der Waals surface area contributed by atoms with Crippen molar-refractivity contribution in [3.63, 3.8) is 0 Å². The summed E-state index contributed by atoms with van der Waals surface area (Å²) in [6.07, 6.45) is 0.922. The van der Waals surface area contributed by atoms with E-state index in [0.29, 0.717) is 12.6 Å². The van der Waals surface area contributed by atoms with Gasteiger partial charge >= 0.3 is 0 Å². The second-order valence-electron chi connectivity index (χ2n) is 8.50. The maximum atomic E-state index is 4.88. The first kappa shape index (κ1) is 27.4. The molecule has 7 heteroatoms. The average Bonchev–Trinajstić information content (AvgIpc) is 2.93. The van der Waals surface area contributed by atoms with Crippen LogP contribution in [0.2, 0.25) is 0 Å². The van der Waals surface area contributed by atoms with Crippen molar-refractivity contribution in [3.8, 4) is 0 Å². The molecule has 0 amide bonds. The Morgan fingerprint density at radius 1 is 1.16 bits per heavy atom. The Morgan fingerprint density at radius 3 is 2.35 bits per heavy atom. The van der Waals surface area contributed by atoms with Crippen LogP contribution >= 0.6 is 24.0 Å². The third-order valence-electron chi connectivity index (χ3n) is 5.72. The molecule has 174 valence electrons. The number of rotatable bonds is 9. The monoisotopic (exact) mass is 540 g/mol. The molecule has 0 radical (unpaired) electrons. The molecule has 0 aliphatic rings. The van der Waals surface area contributed by atoms with Gasteiger partial charge in [-0.3, -0.25) is 9.58 Å². The molecule has 0 aliphatic heterocycles. The van der Waals surface area contributed by atoms with Crippen LogP contribution in [0.15, 0.2) is 29.3 Å². The number of aryl methyl sites for hydroxylation is 2. The molecule has 0 bridgehead atoms. The summed E-state index contributed by atoms with van der Waals surface area (Å²) >= 11 is 0. The zero-order valence-electron chi connectivity index (χ0n) is 20.5. The van der Waals surface area contributed by atoms with Crippen LogP contribution < -0.4 is 10.6 Å². The normalized spacial score (nSPS) is 12.8. The summed E-state index contributed by atoms with van der Waals surface area (Å²) in [5, 5.41) is 11.5. The van der Waals surface area contributed by atoms with Gasteiger partial charge in [-0.2, -0.15) is 5.10 Å². The fraction of sp³-hybridized carbons (Fsp3) is 0.583. The summed E-state index contributed by atoms with van der Waals surface area (Å²) in [7, 11) is 4.17.